The minimum absolute atomic E-state index is 0.109. The van der Waals surface area contributed by atoms with E-state index in [2.05, 4.69) is 27.7 Å². The first kappa shape index (κ1) is 103. The van der Waals surface area contributed by atoms with Crippen LogP contribution >= 0.6 is 15.6 Å². The number of hydrogen-bond donors (Lipinski definition) is 3. The van der Waals surface area contributed by atoms with Gasteiger partial charge in [-0.25, -0.2) is 9.13 Å². The van der Waals surface area contributed by atoms with E-state index < -0.39 is 97.5 Å². The fraction of sp³-hybridized carbons (Fsp3) is 0.953. The van der Waals surface area contributed by atoms with Gasteiger partial charge in [0.2, 0.25) is 0 Å². The molecule has 0 aliphatic heterocycles. The molecule has 624 valence electrons. The van der Waals surface area contributed by atoms with Crippen molar-refractivity contribution in [2.75, 3.05) is 39.6 Å². The first-order chi connectivity index (χ1) is 51.2. The van der Waals surface area contributed by atoms with Crippen molar-refractivity contribution in [1.82, 2.24) is 0 Å². The number of hydrogen-bond acceptors (Lipinski definition) is 15. The van der Waals surface area contributed by atoms with Crippen molar-refractivity contribution in [1.29, 1.82) is 0 Å². The molecule has 0 radical (unpaired) electrons. The highest BCUT2D eigenvalue weighted by molar-refractivity contribution is 7.47. The van der Waals surface area contributed by atoms with Crippen LogP contribution in [0.2, 0.25) is 0 Å². The van der Waals surface area contributed by atoms with E-state index in [0.29, 0.717) is 25.7 Å². The summed E-state index contributed by atoms with van der Waals surface area (Å²) in [6.45, 7) is 5.01. The van der Waals surface area contributed by atoms with Crippen LogP contribution in [0, 0.1) is 0 Å². The lowest BCUT2D eigenvalue weighted by Crippen LogP contribution is -2.30. The van der Waals surface area contributed by atoms with Crippen LogP contribution in [-0.4, -0.2) is 96.7 Å². The molecule has 17 nitrogen and oxygen atoms in total. The molecule has 0 aliphatic rings. The first-order valence-corrected chi connectivity index (χ1v) is 47.8. The van der Waals surface area contributed by atoms with Gasteiger partial charge in [0, 0.05) is 25.7 Å². The lowest BCUT2D eigenvalue weighted by atomic mass is 10.0. The van der Waals surface area contributed by atoms with Gasteiger partial charge in [-0.05, 0) is 25.7 Å². The lowest BCUT2D eigenvalue weighted by Gasteiger charge is -2.21. The number of rotatable bonds is 87. The van der Waals surface area contributed by atoms with Crippen molar-refractivity contribution in [3.8, 4) is 0 Å². The van der Waals surface area contributed by atoms with Gasteiger partial charge in [-0.1, -0.05) is 419 Å². The molecule has 0 aromatic carbocycles. The number of phosphoric acid groups is 2. The molecule has 0 aromatic heterocycles. The van der Waals surface area contributed by atoms with E-state index in [1.165, 1.54) is 289 Å². The number of carbonyl (C=O) groups is 4. The molecule has 0 fully saturated rings. The molecule has 0 amide bonds. The van der Waals surface area contributed by atoms with Gasteiger partial charge >= 0.3 is 39.5 Å². The molecule has 3 N–H and O–H groups in total. The van der Waals surface area contributed by atoms with Crippen LogP contribution < -0.4 is 0 Å². The minimum Gasteiger partial charge on any atom is -0.462 e. The summed E-state index contributed by atoms with van der Waals surface area (Å²) in [5.41, 5.74) is 0. The molecule has 5 atom stereocenters. The third-order valence-electron chi connectivity index (χ3n) is 20.4. The highest BCUT2D eigenvalue weighted by Crippen LogP contribution is 2.45. The van der Waals surface area contributed by atoms with E-state index >= 15 is 0 Å². The van der Waals surface area contributed by atoms with Gasteiger partial charge in [0.25, 0.3) is 0 Å². The van der Waals surface area contributed by atoms with Crippen LogP contribution in [0.3, 0.4) is 0 Å². The molecule has 0 rings (SSSR count). The third kappa shape index (κ3) is 79.9. The lowest BCUT2D eigenvalue weighted by molar-refractivity contribution is -0.161. The Hall–Kier alpha value is -1.94. The molecule has 0 saturated carbocycles. The van der Waals surface area contributed by atoms with E-state index in [0.717, 1.165) is 103 Å². The van der Waals surface area contributed by atoms with E-state index in [-0.39, 0.29) is 25.7 Å². The van der Waals surface area contributed by atoms with Crippen molar-refractivity contribution >= 4 is 39.5 Å². The second-order valence-electron chi connectivity index (χ2n) is 30.9. The van der Waals surface area contributed by atoms with E-state index in [1.807, 2.05) is 0 Å². The second-order valence-corrected chi connectivity index (χ2v) is 33.8. The SMILES string of the molecule is CCCCCCCCCCCCCCCCCCCCCCCC(=O)O[C@H](COC(=O)CCCCCCCCCCCCCCCCCCCCCC)COP(=O)(O)OC[C@@H](O)COP(=O)(O)OC[C@@H](COC(=O)CCCCCCCCC)OC(=O)CCCCCCCCCCCCCCCCCCC. The first-order valence-electron chi connectivity index (χ1n) is 44.8. The van der Waals surface area contributed by atoms with Crippen molar-refractivity contribution in [2.24, 2.45) is 0 Å². The van der Waals surface area contributed by atoms with Crippen molar-refractivity contribution in [3.05, 3.63) is 0 Å². The van der Waals surface area contributed by atoms with Gasteiger partial charge < -0.3 is 33.8 Å². The van der Waals surface area contributed by atoms with Crippen molar-refractivity contribution < 1.29 is 80.2 Å². The van der Waals surface area contributed by atoms with Gasteiger partial charge in [-0.15, -0.1) is 0 Å². The number of carbonyl (C=O) groups excluding carboxylic acids is 4. The maximum Gasteiger partial charge on any atom is 0.472 e. The molecule has 0 bridgehead atoms. The van der Waals surface area contributed by atoms with Crippen molar-refractivity contribution in [3.63, 3.8) is 0 Å². The number of aliphatic hydroxyl groups excluding tert-OH is 1. The zero-order valence-corrected chi connectivity index (χ0v) is 70.5. The Morgan fingerprint density at radius 3 is 0.562 bits per heavy atom. The molecular formula is C86H168O17P2. The Morgan fingerprint density at radius 1 is 0.229 bits per heavy atom. The Labute approximate surface area is 645 Å². The van der Waals surface area contributed by atoms with Gasteiger partial charge in [0.05, 0.1) is 26.4 Å². The number of unbranched alkanes of at least 4 members (excludes halogenated alkanes) is 61. The Kier molecular flexibility index (Phi) is 78.6. The van der Waals surface area contributed by atoms with Crippen LogP contribution in [0.4, 0.5) is 0 Å². The normalized spacial score (nSPS) is 13.7. The summed E-state index contributed by atoms with van der Waals surface area (Å²) in [4.78, 5) is 73.1. The van der Waals surface area contributed by atoms with Gasteiger partial charge in [0.15, 0.2) is 12.2 Å². The summed E-state index contributed by atoms with van der Waals surface area (Å²) >= 11 is 0. The predicted octanol–water partition coefficient (Wildman–Crippen LogP) is 26.5. The zero-order chi connectivity index (χ0) is 76.7. The topological polar surface area (TPSA) is 237 Å². The minimum atomic E-state index is -4.96. The van der Waals surface area contributed by atoms with Crippen LogP contribution in [-0.2, 0) is 65.4 Å². The molecule has 2 unspecified atom stereocenters. The maximum atomic E-state index is 13.1. The average Bonchev–Trinajstić information content (AvgIpc) is 0.911. The van der Waals surface area contributed by atoms with E-state index in [1.54, 1.807) is 0 Å². The fourth-order valence-corrected chi connectivity index (χ4v) is 15.1. The second kappa shape index (κ2) is 80.1. The summed E-state index contributed by atoms with van der Waals surface area (Å²) in [7, 11) is -9.92. The molecule has 0 saturated heterocycles. The molecule has 0 aliphatic carbocycles. The zero-order valence-electron chi connectivity index (χ0n) is 68.7. The number of ether oxygens (including phenoxy) is 4. The standard InChI is InChI=1S/C86H168O17P2/c1-5-9-13-17-21-24-27-30-33-36-38-40-42-45-48-51-54-57-61-65-69-73-86(91)103-82(77-97-84(89)71-67-63-59-55-52-49-46-44-41-39-37-34-31-28-25-22-18-14-10-6-2)79-101-105(94,95)99-75-80(87)74-98-104(92,93)100-78-81(76-96-83(88)70-66-62-58-20-16-12-8-4)102-85(90)72-68-64-60-56-53-50-47-43-35-32-29-26-23-19-15-11-7-3/h80-82,87H,5-79H2,1-4H3,(H,92,93)(H,94,95)/t80-,81+,82+/m0/s1. The summed E-state index contributed by atoms with van der Waals surface area (Å²) < 4.78 is 68.8. The summed E-state index contributed by atoms with van der Waals surface area (Å²) in [6, 6.07) is 0. The predicted molar refractivity (Wildman–Crippen MR) is 432 cm³/mol. The van der Waals surface area contributed by atoms with Crippen LogP contribution in [0.25, 0.3) is 0 Å². The molecule has 105 heavy (non-hydrogen) atoms. The quantitative estimate of drug-likeness (QED) is 0.0222. The number of esters is 4. The summed E-state index contributed by atoms with van der Waals surface area (Å²) in [5.74, 6) is -2.10. The molecule has 19 heteroatoms. The van der Waals surface area contributed by atoms with Crippen LogP contribution in [0.5, 0.6) is 0 Å². The smallest absolute Gasteiger partial charge is 0.462 e. The third-order valence-corrected chi connectivity index (χ3v) is 22.3. The van der Waals surface area contributed by atoms with Gasteiger partial charge in [0.1, 0.15) is 19.3 Å². The monoisotopic (exact) mass is 1540 g/mol. The summed E-state index contributed by atoms with van der Waals surface area (Å²) in [5, 5.41) is 10.7. The largest absolute Gasteiger partial charge is 0.472 e. The molecular weight excluding hydrogens is 1370 g/mol. The maximum absolute atomic E-state index is 13.1. The van der Waals surface area contributed by atoms with Gasteiger partial charge in [-0.3, -0.25) is 37.3 Å². The Balaban J connectivity index is 5.15. The summed E-state index contributed by atoms with van der Waals surface area (Å²) in [6.07, 6.45) is 75.3. The molecule has 0 heterocycles. The number of aliphatic hydroxyl groups is 1. The Morgan fingerprint density at radius 2 is 0.381 bits per heavy atom. The fourth-order valence-electron chi connectivity index (χ4n) is 13.5. The average molecular weight is 1540 g/mol. The van der Waals surface area contributed by atoms with E-state index in [9.17, 15) is 43.2 Å². The highest BCUT2D eigenvalue weighted by atomic mass is 31.2. The highest BCUT2D eigenvalue weighted by Gasteiger charge is 2.30. The van der Waals surface area contributed by atoms with Crippen LogP contribution in [0.15, 0.2) is 0 Å². The molecule has 0 aromatic rings. The van der Waals surface area contributed by atoms with E-state index in [4.69, 9.17) is 37.0 Å². The van der Waals surface area contributed by atoms with Gasteiger partial charge in [-0.2, -0.15) is 0 Å². The Bertz CT molecular complexity index is 1980. The molecule has 0 spiro atoms. The van der Waals surface area contributed by atoms with Crippen molar-refractivity contribution in [2.45, 2.75) is 489 Å². The number of phosphoric ester groups is 2. The van der Waals surface area contributed by atoms with Crippen LogP contribution in [0.1, 0.15) is 471 Å².